The molecule has 7 heteroatoms. The van der Waals surface area contributed by atoms with Crippen LogP contribution in [0.5, 0.6) is 5.75 Å². The van der Waals surface area contributed by atoms with Gasteiger partial charge in [0.2, 0.25) is 5.95 Å². The number of fused-ring (bicyclic) bond motifs is 1. The maximum Gasteiger partial charge on any atom is 0.226 e. The van der Waals surface area contributed by atoms with E-state index in [0.717, 1.165) is 67.3 Å². The van der Waals surface area contributed by atoms with E-state index in [9.17, 15) is 0 Å². The minimum atomic E-state index is 0.390. The van der Waals surface area contributed by atoms with Crippen molar-refractivity contribution in [1.82, 2.24) is 14.9 Å². The molecule has 0 amide bonds. The van der Waals surface area contributed by atoms with Crippen LogP contribution in [0.25, 0.3) is 10.9 Å². The van der Waals surface area contributed by atoms with Gasteiger partial charge in [0.15, 0.2) is 0 Å². The molecule has 2 aliphatic rings. The highest BCUT2D eigenvalue weighted by atomic mass is 16.5. The highest BCUT2D eigenvalue weighted by molar-refractivity contribution is 5.83. The Morgan fingerprint density at radius 1 is 1.00 bits per heavy atom. The predicted octanol–water partition coefficient (Wildman–Crippen LogP) is 3.82. The average Bonchev–Trinajstić information content (AvgIpc) is 3.07. The lowest BCUT2D eigenvalue weighted by atomic mass is 10.0. The number of hydrogen-bond acceptors (Lipinski definition) is 7. The van der Waals surface area contributed by atoms with Gasteiger partial charge >= 0.3 is 0 Å². The summed E-state index contributed by atoms with van der Waals surface area (Å²) in [5.41, 5.74) is 2.01. The summed E-state index contributed by atoms with van der Waals surface area (Å²) in [6.45, 7) is 10.4. The lowest BCUT2D eigenvalue weighted by molar-refractivity contribution is -0.0220. The molecule has 1 atom stereocenters. The molecule has 0 radical (unpaired) electrons. The highest BCUT2D eigenvalue weighted by Gasteiger charge is 2.28. The zero-order chi connectivity index (χ0) is 22.3. The monoisotopic (exact) mass is 442 g/mol. The summed E-state index contributed by atoms with van der Waals surface area (Å²) in [7, 11) is 1.73. The molecule has 0 saturated carbocycles. The van der Waals surface area contributed by atoms with Gasteiger partial charge in [0.25, 0.3) is 0 Å². The zero-order valence-corrected chi connectivity index (χ0v) is 19.9. The van der Waals surface area contributed by atoms with Crippen LogP contribution in [0.15, 0.2) is 18.2 Å². The average molecular weight is 443 g/mol. The van der Waals surface area contributed by atoms with Gasteiger partial charge in [0.05, 0.1) is 37.1 Å². The van der Waals surface area contributed by atoms with E-state index in [2.05, 4.69) is 28.9 Å². The Morgan fingerprint density at radius 2 is 1.84 bits per heavy atom. The molecule has 0 bridgehead atoms. The third-order valence-electron chi connectivity index (χ3n) is 6.77. The van der Waals surface area contributed by atoms with Gasteiger partial charge in [0, 0.05) is 44.7 Å². The summed E-state index contributed by atoms with van der Waals surface area (Å²) < 4.78 is 16.7. The molecule has 2 aromatic rings. The van der Waals surface area contributed by atoms with Gasteiger partial charge < -0.3 is 24.0 Å². The summed E-state index contributed by atoms with van der Waals surface area (Å²) in [5.74, 6) is 1.75. The second kappa shape index (κ2) is 11.3. The van der Waals surface area contributed by atoms with Crippen LogP contribution in [0.4, 0.5) is 5.95 Å². The van der Waals surface area contributed by atoms with Crippen molar-refractivity contribution in [3.8, 4) is 5.75 Å². The molecule has 0 unspecified atom stereocenters. The third kappa shape index (κ3) is 5.69. The molecule has 0 aliphatic carbocycles. The van der Waals surface area contributed by atoms with Crippen LogP contribution in [0.3, 0.4) is 0 Å². The van der Waals surface area contributed by atoms with Gasteiger partial charge in [-0.1, -0.05) is 0 Å². The number of ether oxygens (including phenoxy) is 3. The maximum atomic E-state index is 5.94. The van der Waals surface area contributed by atoms with Gasteiger partial charge in [-0.25, -0.2) is 9.97 Å². The quantitative estimate of drug-likeness (QED) is 0.576. The van der Waals surface area contributed by atoms with E-state index in [1.165, 1.54) is 19.3 Å². The molecular weight excluding hydrogens is 404 g/mol. The van der Waals surface area contributed by atoms with Crippen molar-refractivity contribution in [3.05, 3.63) is 23.9 Å². The lowest BCUT2D eigenvalue weighted by Crippen LogP contribution is -2.44. The Morgan fingerprint density at radius 3 is 2.62 bits per heavy atom. The molecule has 176 valence electrons. The molecule has 0 N–H and O–H groups in total. The van der Waals surface area contributed by atoms with E-state index in [4.69, 9.17) is 24.2 Å². The van der Waals surface area contributed by atoms with Crippen molar-refractivity contribution in [2.75, 3.05) is 58.0 Å². The van der Waals surface area contributed by atoms with Crippen molar-refractivity contribution >= 4 is 16.9 Å². The molecule has 4 rings (SSSR count). The van der Waals surface area contributed by atoms with Crippen molar-refractivity contribution in [2.24, 2.45) is 0 Å². The van der Waals surface area contributed by atoms with E-state index in [-0.39, 0.29) is 0 Å². The molecule has 1 aromatic carbocycles. The van der Waals surface area contributed by atoms with Crippen LogP contribution in [0.1, 0.15) is 44.7 Å². The SMILES string of the molecule is CCOc1ccc2nc(N3CCC[C@H](N4CCC(OCCOC)CC4)CC3)nc(C)c2c1. The van der Waals surface area contributed by atoms with E-state index in [1.807, 2.05) is 13.0 Å². The number of rotatable bonds is 8. The highest BCUT2D eigenvalue weighted by Crippen LogP contribution is 2.27. The number of aromatic nitrogens is 2. The summed E-state index contributed by atoms with van der Waals surface area (Å²) in [4.78, 5) is 14.8. The van der Waals surface area contributed by atoms with Gasteiger partial charge in [-0.2, -0.15) is 0 Å². The van der Waals surface area contributed by atoms with Crippen molar-refractivity contribution in [1.29, 1.82) is 0 Å². The number of aryl methyl sites for hydroxylation is 1. The van der Waals surface area contributed by atoms with Gasteiger partial charge in [-0.3, -0.25) is 0 Å². The molecule has 2 fully saturated rings. The van der Waals surface area contributed by atoms with Crippen LogP contribution in [0.2, 0.25) is 0 Å². The maximum absolute atomic E-state index is 5.94. The third-order valence-corrected chi connectivity index (χ3v) is 6.77. The summed E-state index contributed by atoms with van der Waals surface area (Å²) in [6, 6.07) is 6.76. The van der Waals surface area contributed by atoms with Crippen LogP contribution in [-0.4, -0.2) is 80.1 Å². The second-order valence-corrected chi connectivity index (χ2v) is 8.89. The zero-order valence-electron chi connectivity index (χ0n) is 19.9. The predicted molar refractivity (Wildman–Crippen MR) is 128 cm³/mol. The van der Waals surface area contributed by atoms with Crippen LogP contribution in [-0.2, 0) is 9.47 Å². The Hall–Kier alpha value is -1.96. The van der Waals surface area contributed by atoms with Crippen LogP contribution < -0.4 is 9.64 Å². The molecule has 3 heterocycles. The van der Waals surface area contributed by atoms with Crippen molar-refractivity contribution < 1.29 is 14.2 Å². The summed E-state index contributed by atoms with van der Waals surface area (Å²) in [6.07, 6.45) is 6.23. The fourth-order valence-corrected chi connectivity index (χ4v) is 4.99. The molecule has 1 aromatic heterocycles. The number of nitrogens with zero attached hydrogens (tertiary/aromatic N) is 4. The molecule has 7 nitrogen and oxygen atoms in total. The largest absolute Gasteiger partial charge is 0.494 e. The first-order valence-electron chi connectivity index (χ1n) is 12.2. The van der Waals surface area contributed by atoms with Crippen molar-refractivity contribution in [3.63, 3.8) is 0 Å². The number of methoxy groups -OCH3 is 1. The number of piperidine rings is 1. The number of likely N-dealkylation sites (tertiary alicyclic amines) is 1. The molecule has 0 spiro atoms. The Labute approximate surface area is 192 Å². The first kappa shape index (κ1) is 23.2. The fourth-order valence-electron chi connectivity index (χ4n) is 4.99. The van der Waals surface area contributed by atoms with Gasteiger partial charge in [-0.15, -0.1) is 0 Å². The van der Waals surface area contributed by atoms with E-state index < -0.39 is 0 Å². The lowest BCUT2D eigenvalue weighted by Gasteiger charge is -2.37. The van der Waals surface area contributed by atoms with Gasteiger partial charge in [-0.05, 0) is 64.2 Å². The molecular formula is C25H38N4O3. The fraction of sp³-hybridized carbons (Fsp3) is 0.680. The standard InChI is InChI=1S/C25H38N4O3/c1-4-31-22-7-8-24-23(18-22)19(2)26-25(27-24)29-12-5-6-20(9-13-29)28-14-10-21(11-15-28)32-17-16-30-3/h7-8,18,20-21H,4-6,9-17H2,1-3H3/t20-/m0/s1. The van der Waals surface area contributed by atoms with E-state index in [0.29, 0.717) is 32.0 Å². The molecule has 2 saturated heterocycles. The minimum Gasteiger partial charge on any atom is -0.494 e. The Balaban J connectivity index is 1.35. The normalized spacial score (nSPS) is 21.1. The van der Waals surface area contributed by atoms with Crippen molar-refractivity contribution in [2.45, 2.75) is 58.1 Å². The number of anilines is 1. The Kier molecular flexibility index (Phi) is 8.16. The van der Waals surface area contributed by atoms with E-state index >= 15 is 0 Å². The van der Waals surface area contributed by atoms with E-state index in [1.54, 1.807) is 7.11 Å². The van der Waals surface area contributed by atoms with Crippen LogP contribution >= 0.6 is 0 Å². The summed E-state index contributed by atoms with van der Waals surface area (Å²) in [5, 5.41) is 1.07. The Bertz CT molecular complexity index is 870. The first-order chi connectivity index (χ1) is 15.7. The second-order valence-electron chi connectivity index (χ2n) is 8.89. The number of hydrogen-bond donors (Lipinski definition) is 0. The number of benzene rings is 1. The minimum absolute atomic E-state index is 0.390. The molecule has 32 heavy (non-hydrogen) atoms. The first-order valence-corrected chi connectivity index (χ1v) is 12.2. The van der Waals surface area contributed by atoms with Gasteiger partial charge in [0.1, 0.15) is 5.75 Å². The topological polar surface area (TPSA) is 60.0 Å². The van der Waals surface area contributed by atoms with Crippen LogP contribution in [0, 0.1) is 6.92 Å². The summed E-state index contributed by atoms with van der Waals surface area (Å²) >= 11 is 0. The molecule has 2 aliphatic heterocycles. The smallest absolute Gasteiger partial charge is 0.226 e.